The first-order chi connectivity index (χ1) is 29.0. The normalized spacial score (nSPS) is 12.4. The molecule has 1 heterocycles. The number of anilines is 2. The van der Waals surface area contributed by atoms with Crippen molar-refractivity contribution in [2.75, 3.05) is 5.32 Å². The third-order valence-corrected chi connectivity index (χ3v) is 13.0. The Morgan fingerprint density at radius 3 is 1.68 bits per heavy atom. The summed E-state index contributed by atoms with van der Waals surface area (Å²) in [6, 6.07) is 78.2. The largest absolute Gasteiger partial charge is 0.355 e. The van der Waals surface area contributed by atoms with Gasteiger partial charge in [0.25, 0.3) is 0 Å². The third-order valence-electron chi connectivity index (χ3n) is 11.8. The summed E-state index contributed by atoms with van der Waals surface area (Å²) in [4.78, 5) is 0. The predicted octanol–water partition coefficient (Wildman–Crippen LogP) is 16.5. The number of para-hydroxylation sites is 1. The van der Waals surface area contributed by atoms with Crippen LogP contribution < -0.4 is 5.32 Å². The molecule has 59 heavy (non-hydrogen) atoms. The van der Waals surface area contributed by atoms with Crippen molar-refractivity contribution >= 4 is 42.9 Å². The Kier molecular flexibility index (Phi) is 9.49. The van der Waals surface area contributed by atoms with Gasteiger partial charge in [-0.3, -0.25) is 0 Å². The van der Waals surface area contributed by atoms with Gasteiger partial charge in [-0.2, -0.15) is 0 Å². The molecule has 2 heteroatoms. The second-order valence-electron chi connectivity index (χ2n) is 15.8. The van der Waals surface area contributed by atoms with Gasteiger partial charge in [-0.1, -0.05) is 196 Å². The smallest absolute Gasteiger partial charge is 0.0463 e. The number of hydrogen-bond donors (Lipinski definition) is 1. The lowest BCUT2D eigenvalue weighted by atomic mass is 9.82. The number of thiophene rings is 1. The van der Waals surface area contributed by atoms with Crippen molar-refractivity contribution < 1.29 is 0 Å². The van der Waals surface area contributed by atoms with E-state index in [1.54, 1.807) is 0 Å². The minimum absolute atomic E-state index is 0.0658. The summed E-state index contributed by atoms with van der Waals surface area (Å²) in [6.45, 7) is 4.65. The Labute approximate surface area is 350 Å². The van der Waals surface area contributed by atoms with Gasteiger partial charge in [0.05, 0.1) is 0 Å². The highest BCUT2D eigenvalue weighted by Crippen LogP contribution is 2.49. The first kappa shape index (κ1) is 36.3. The van der Waals surface area contributed by atoms with Gasteiger partial charge in [0.15, 0.2) is 0 Å². The van der Waals surface area contributed by atoms with Gasteiger partial charge in [-0.15, -0.1) is 11.3 Å². The Morgan fingerprint density at radius 1 is 0.356 bits per heavy atom. The lowest BCUT2D eigenvalue weighted by Crippen LogP contribution is -2.14. The molecule has 10 aromatic rings. The van der Waals surface area contributed by atoms with Gasteiger partial charge in [0, 0.05) is 42.5 Å². The van der Waals surface area contributed by atoms with Crippen LogP contribution in [0.2, 0.25) is 0 Å². The van der Waals surface area contributed by atoms with Crippen molar-refractivity contribution in [2.24, 2.45) is 0 Å². The summed E-state index contributed by atoms with van der Waals surface area (Å²) in [6.07, 6.45) is 0. The predicted molar refractivity (Wildman–Crippen MR) is 255 cm³/mol. The van der Waals surface area contributed by atoms with Crippen molar-refractivity contribution in [3.8, 4) is 55.6 Å². The molecule has 0 amide bonds. The highest BCUT2D eigenvalue weighted by Gasteiger charge is 2.35. The number of benzene rings is 9. The Morgan fingerprint density at radius 2 is 0.881 bits per heavy atom. The number of hydrogen-bond acceptors (Lipinski definition) is 2. The van der Waals surface area contributed by atoms with E-state index in [2.05, 4.69) is 238 Å². The standard InChI is InChI=1S/C30H21NS.C27H22/c1-2-9-21(10-3-1)24-11-4-6-15-28(24)31-23-19-17-22(18-20-23)25-13-8-14-27-26-12-5-7-16-29(26)32-30(25)27;1-27(2)25-14-7-6-13-23(25)24-18-22(15-16-26(24)27)21-12-8-11-20(17-21)19-9-4-3-5-10-19/h1-20,31H;3-18H,1-2H3. The van der Waals surface area contributed by atoms with E-state index in [1.165, 1.54) is 86.9 Å². The molecule has 0 fully saturated rings. The van der Waals surface area contributed by atoms with Crippen LogP contribution in [0.4, 0.5) is 11.4 Å². The maximum atomic E-state index is 3.61. The van der Waals surface area contributed by atoms with Crippen molar-refractivity contribution in [3.05, 3.63) is 230 Å². The first-order valence-corrected chi connectivity index (χ1v) is 21.2. The van der Waals surface area contributed by atoms with E-state index in [-0.39, 0.29) is 5.41 Å². The summed E-state index contributed by atoms with van der Waals surface area (Å²) in [5, 5.41) is 6.28. The molecule has 1 nitrogen and oxygen atoms in total. The van der Waals surface area contributed by atoms with Crippen LogP contribution >= 0.6 is 11.3 Å². The Hall–Kier alpha value is -7.00. The molecule has 0 atom stereocenters. The molecular weight excluding hydrogens is 731 g/mol. The summed E-state index contributed by atoms with van der Waals surface area (Å²) in [7, 11) is 0. The average molecular weight is 774 g/mol. The van der Waals surface area contributed by atoms with Crippen molar-refractivity contribution in [1.29, 1.82) is 0 Å². The van der Waals surface area contributed by atoms with E-state index in [9.17, 15) is 0 Å². The lowest BCUT2D eigenvalue weighted by Gasteiger charge is -2.21. The van der Waals surface area contributed by atoms with Crippen molar-refractivity contribution in [3.63, 3.8) is 0 Å². The molecule has 1 aliphatic rings. The second-order valence-corrected chi connectivity index (χ2v) is 16.8. The zero-order valence-corrected chi connectivity index (χ0v) is 34.0. The van der Waals surface area contributed by atoms with Crippen molar-refractivity contribution in [2.45, 2.75) is 19.3 Å². The summed E-state index contributed by atoms with van der Waals surface area (Å²) < 4.78 is 2.69. The molecule has 0 aliphatic heterocycles. The molecule has 1 N–H and O–H groups in total. The monoisotopic (exact) mass is 773 g/mol. The highest BCUT2D eigenvalue weighted by molar-refractivity contribution is 7.26. The maximum absolute atomic E-state index is 3.61. The van der Waals surface area contributed by atoms with Gasteiger partial charge in [0.1, 0.15) is 0 Å². The summed E-state index contributed by atoms with van der Waals surface area (Å²) >= 11 is 1.87. The van der Waals surface area contributed by atoms with Crippen molar-refractivity contribution in [1.82, 2.24) is 0 Å². The Bertz CT molecular complexity index is 3080. The summed E-state index contributed by atoms with van der Waals surface area (Å²) in [5.41, 5.74) is 17.9. The fraction of sp³-hybridized carbons (Fsp3) is 0.0526. The van der Waals surface area contributed by atoms with Crippen LogP contribution in [-0.4, -0.2) is 0 Å². The molecule has 282 valence electrons. The summed E-state index contributed by atoms with van der Waals surface area (Å²) in [5.74, 6) is 0. The van der Waals surface area contributed by atoms with Gasteiger partial charge >= 0.3 is 0 Å². The molecule has 0 bridgehead atoms. The fourth-order valence-corrected chi connectivity index (χ4v) is 9.97. The van der Waals surface area contributed by atoms with Crippen LogP contribution in [0.5, 0.6) is 0 Å². The topological polar surface area (TPSA) is 12.0 Å². The van der Waals surface area contributed by atoms with Crippen LogP contribution in [0.1, 0.15) is 25.0 Å². The van der Waals surface area contributed by atoms with E-state index >= 15 is 0 Å². The highest BCUT2D eigenvalue weighted by atomic mass is 32.1. The molecule has 0 saturated carbocycles. The minimum atomic E-state index is 0.0658. The maximum Gasteiger partial charge on any atom is 0.0463 e. The van der Waals surface area contributed by atoms with Crippen LogP contribution in [0.25, 0.3) is 75.8 Å². The van der Waals surface area contributed by atoms with Gasteiger partial charge in [-0.25, -0.2) is 0 Å². The third kappa shape index (κ3) is 6.92. The molecular formula is C57H43NS. The molecule has 0 saturated heterocycles. The Balaban J connectivity index is 0.000000145. The quantitative estimate of drug-likeness (QED) is 0.177. The molecule has 1 aliphatic carbocycles. The van der Waals surface area contributed by atoms with E-state index in [4.69, 9.17) is 0 Å². The molecule has 11 rings (SSSR count). The number of fused-ring (bicyclic) bond motifs is 6. The molecule has 0 unspecified atom stereocenters. The minimum Gasteiger partial charge on any atom is -0.355 e. The number of nitrogens with one attached hydrogen (secondary N) is 1. The van der Waals surface area contributed by atoms with Crippen LogP contribution in [0.15, 0.2) is 218 Å². The van der Waals surface area contributed by atoms with Gasteiger partial charge in [0.2, 0.25) is 0 Å². The van der Waals surface area contributed by atoms with Gasteiger partial charge < -0.3 is 5.32 Å². The van der Waals surface area contributed by atoms with E-state index in [0.29, 0.717) is 0 Å². The number of rotatable bonds is 6. The average Bonchev–Trinajstić information content (AvgIpc) is 3.79. The first-order valence-electron chi connectivity index (χ1n) is 20.3. The van der Waals surface area contributed by atoms with Crippen LogP contribution in [0.3, 0.4) is 0 Å². The SMILES string of the molecule is CC1(C)c2ccccc2-c2cc(-c3cccc(-c4ccccc4)c3)ccc21.c1ccc(-c2ccccc2Nc2ccc(-c3cccc4c3sc3ccccc34)cc2)cc1. The zero-order valence-electron chi connectivity index (χ0n) is 33.2. The van der Waals surface area contributed by atoms with E-state index in [1.807, 2.05) is 11.3 Å². The van der Waals surface area contributed by atoms with Crippen LogP contribution in [0, 0.1) is 0 Å². The fourth-order valence-electron chi connectivity index (χ4n) is 8.73. The van der Waals surface area contributed by atoms with E-state index < -0.39 is 0 Å². The second kappa shape index (κ2) is 15.4. The van der Waals surface area contributed by atoms with Gasteiger partial charge in [-0.05, 0) is 97.6 Å². The molecule has 9 aromatic carbocycles. The zero-order chi connectivity index (χ0) is 39.8. The molecule has 0 radical (unpaired) electrons. The molecule has 0 spiro atoms. The van der Waals surface area contributed by atoms with Crippen LogP contribution in [-0.2, 0) is 5.41 Å². The molecule has 1 aromatic heterocycles. The lowest BCUT2D eigenvalue weighted by molar-refractivity contribution is 0.660. The van der Waals surface area contributed by atoms with E-state index in [0.717, 1.165) is 11.4 Å².